The first kappa shape index (κ1) is 17.7. The van der Waals surface area contributed by atoms with E-state index in [1.165, 1.54) is 26.8 Å². The maximum atomic E-state index is 13.1. The van der Waals surface area contributed by atoms with Gasteiger partial charge in [0.05, 0.1) is 11.1 Å². The third kappa shape index (κ3) is 4.91. The molecule has 0 bridgehead atoms. The minimum Gasteiger partial charge on any atom is -0.478 e. The van der Waals surface area contributed by atoms with Gasteiger partial charge >= 0.3 is 18.1 Å². The van der Waals surface area contributed by atoms with Gasteiger partial charge in [-0.25, -0.2) is 9.59 Å². The predicted molar refractivity (Wildman–Crippen MR) is 73.3 cm³/mol. The Morgan fingerprint density at radius 3 is 2.23 bits per heavy atom. The number of carbonyl (C=O) groups excluding carboxylic acids is 1. The Balaban J connectivity index is 3.47. The van der Waals surface area contributed by atoms with Crippen molar-refractivity contribution in [2.24, 2.45) is 0 Å². The summed E-state index contributed by atoms with van der Waals surface area (Å²) in [7, 11) is 0. The Morgan fingerprint density at radius 2 is 1.77 bits per heavy atom. The van der Waals surface area contributed by atoms with Crippen LogP contribution in [-0.2, 0) is 15.7 Å². The molecule has 1 aromatic carbocycles. The Kier molecular flexibility index (Phi) is 5.01. The van der Waals surface area contributed by atoms with Crippen LogP contribution in [0.15, 0.2) is 24.3 Å². The minimum atomic E-state index is -4.76. The normalized spacial score (nSPS) is 12.5. The highest BCUT2D eigenvalue weighted by atomic mass is 19.4. The fourth-order valence-corrected chi connectivity index (χ4v) is 1.66. The van der Waals surface area contributed by atoms with E-state index in [0.29, 0.717) is 6.08 Å². The smallest absolute Gasteiger partial charge is 0.417 e. The van der Waals surface area contributed by atoms with E-state index in [2.05, 4.69) is 0 Å². The molecule has 0 saturated heterocycles. The van der Waals surface area contributed by atoms with E-state index in [1.807, 2.05) is 0 Å². The van der Waals surface area contributed by atoms with E-state index in [1.54, 1.807) is 0 Å². The van der Waals surface area contributed by atoms with Crippen LogP contribution in [0.1, 0.15) is 42.3 Å². The van der Waals surface area contributed by atoms with Crippen molar-refractivity contribution in [1.82, 2.24) is 0 Å². The van der Waals surface area contributed by atoms with Crippen molar-refractivity contribution in [3.8, 4) is 0 Å². The average molecular weight is 316 g/mol. The van der Waals surface area contributed by atoms with Gasteiger partial charge in [-0.05, 0) is 38.5 Å². The number of carboxylic acids is 1. The van der Waals surface area contributed by atoms with E-state index >= 15 is 0 Å². The lowest BCUT2D eigenvalue weighted by Crippen LogP contribution is -2.26. The molecule has 0 aliphatic carbocycles. The maximum absolute atomic E-state index is 13.1. The minimum absolute atomic E-state index is 0.175. The topological polar surface area (TPSA) is 63.6 Å². The number of halogens is 3. The molecule has 7 heteroatoms. The average Bonchev–Trinajstić information content (AvgIpc) is 2.32. The van der Waals surface area contributed by atoms with Gasteiger partial charge in [0.1, 0.15) is 5.60 Å². The summed E-state index contributed by atoms with van der Waals surface area (Å²) in [5, 5.41) is 8.59. The fraction of sp³-hybridized carbons (Fsp3) is 0.333. The molecule has 0 saturated carbocycles. The quantitative estimate of drug-likeness (QED) is 0.681. The molecule has 0 aliphatic heterocycles. The van der Waals surface area contributed by atoms with Gasteiger partial charge in [0.25, 0.3) is 0 Å². The first-order valence-corrected chi connectivity index (χ1v) is 6.26. The van der Waals surface area contributed by atoms with E-state index in [4.69, 9.17) is 9.84 Å². The standard InChI is InChI=1S/C15H15F3O4/c1-14(2,3)22-13(21)12-9(7-8-11(19)20)5-4-6-10(12)15(16,17)18/h4-8H,1-3H3,(H,19,20)/b8-7+. The summed E-state index contributed by atoms with van der Waals surface area (Å²) in [5.41, 5.74) is -3.04. The zero-order chi connectivity index (χ0) is 17.1. The molecule has 22 heavy (non-hydrogen) atoms. The molecule has 0 atom stereocenters. The lowest BCUT2D eigenvalue weighted by molar-refractivity contribution is -0.138. The molecule has 0 heterocycles. The number of aliphatic carboxylic acids is 1. The first-order valence-electron chi connectivity index (χ1n) is 6.26. The highest BCUT2D eigenvalue weighted by molar-refractivity contribution is 5.97. The van der Waals surface area contributed by atoms with Crippen LogP contribution in [0.4, 0.5) is 13.2 Å². The van der Waals surface area contributed by atoms with E-state index < -0.39 is 34.8 Å². The highest BCUT2D eigenvalue weighted by Gasteiger charge is 2.37. The summed E-state index contributed by atoms with van der Waals surface area (Å²) < 4.78 is 44.2. The molecule has 0 amide bonds. The number of benzene rings is 1. The molecule has 1 rings (SSSR count). The Hall–Kier alpha value is -2.31. The SMILES string of the molecule is CC(C)(C)OC(=O)c1c(/C=C/C(=O)O)cccc1C(F)(F)F. The van der Waals surface area contributed by atoms with Gasteiger partial charge in [-0.3, -0.25) is 0 Å². The zero-order valence-corrected chi connectivity index (χ0v) is 12.2. The van der Waals surface area contributed by atoms with Crippen molar-refractivity contribution >= 4 is 18.0 Å². The molecule has 0 unspecified atom stereocenters. The van der Waals surface area contributed by atoms with Crippen LogP contribution in [0.2, 0.25) is 0 Å². The van der Waals surface area contributed by atoms with Gasteiger partial charge in [-0.2, -0.15) is 13.2 Å². The number of esters is 1. The number of hydrogen-bond acceptors (Lipinski definition) is 3. The summed E-state index contributed by atoms with van der Waals surface area (Å²) in [5.74, 6) is -2.50. The highest BCUT2D eigenvalue weighted by Crippen LogP contribution is 2.34. The number of alkyl halides is 3. The monoisotopic (exact) mass is 316 g/mol. The number of carboxylic acid groups (broad SMARTS) is 1. The third-order valence-electron chi connectivity index (χ3n) is 2.41. The molecule has 120 valence electrons. The molecule has 0 aromatic heterocycles. The second-order valence-corrected chi connectivity index (χ2v) is 5.44. The largest absolute Gasteiger partial charge is 0.478 e. The van der Waals surface area contributed by atoms with Crippen LogP contribution in [-0.4, -0.2) is 22.6 Å². The van der Waals surface area contributed by atoms with E-state index in [9.17, 15) is 22.8 Å². The molecule has 0 radical (unpaired) electrons. The van der Waals surface area contributed by atoms with Crippen LogP contribution in [0.25, 0.3) is 6.08 Å². The van der Waals surface area contributed by atoms with Crippen LogP contribution in [0, 0.1) is 0 Å². The van der Waals surface area contributed by atoms with Crippen LogP contribution in [0.5, 0.6) is 0 Å². The summed E-state index contributed by atoms with van der Waals surface area (Å²) in [6.07, 6.45) is -3.18. The molecule has 1 N–H and O–H groups in total. The molecule has 0 aliphatic rings. The molecular weight excluding hydrogens is 301 g/mol. The van der Waals surface area contributed by atoms with Crippen molar-refractivity contribution in [3.05, 3.63) is 41.0 Å². The third-order valence-corrected chi connectivity index (χ3v) is 2.41. The molecular formula is C15H15F3O4. The summed E-state index contributed by atoms with van der Waals surface area (Å²) in [6.45, 7) is 4.57. The molecule has 0 fully saturated rings. The van der Waals surface area contributed by atoms with E-state index in [0.717, 1.165) is 18.2 Å². The second kappa shape index (κ2) is 6.21. The fourth-order valence-electron chi connectivity index (χ4n) is 1.66. The number of ether oxygens (including phenoxy) is 1. The van der Waals surface area contributed by atoms with Crippen molar-refractivity contribution in [1.29, 1.82) is 0 Å². The maximum Gasteiger partial charge on any atom is 0.417 e. The summed E-state index contributed by atoms with van der Waals surface area (Å²) in [4.78, 5) is 22.6. The number of rotatable bonds is 3. The Labute approximate surface area is 125 Å². The van der Waals surface area contributed by atoms with Crippen molar-refractivity contribution in [2.45, 2.75) is 32.5 Å². The van der Waals surface area contributed by atoms with Gasteiger partial charge in [-0.15, -0.1) is 0 Å². The number of hydrogen-bond donors (Lipinski definition) is 1. The molecule has 0 spiro atoms. The Bertz CT molecular complexity index is 610. The van der Waals surface area contributed by atoms with Crippen molar-refractivity contribution in [2.75, 3.05) is 0 Å². The van der Waals surface area contributed by atoms with Crippen molar-refractivity contribution in [3.63, 3.8) is 0 Å². The number of carbonyl (C=O) groups is 2. The zero-order valence-electron chi connectivity index (χ0n) is 12.2. The van der Waals surface area contributed by atoms with Gasteiger partial charge in [-0.1, -0.05) is 12.1 Å². The Morgan fingerprint density at radius 1 is 1.18 bits per heavy atom. The summed E-state index contributed by atoms with van der Waals surface area (Å²) >= 11 is 0. The predicted octanol–water partition coefficient (Wildman–Crippen LogP) is 3.76. The first-order chi connectivity index (χ1) is 9.92. The molecule has 4 nitrogen and oxygen atoms in total. The van der Waals surface area contributed by atoms with Crippen LogP contribution >= 0.6 is 0 Å². The van der Waals surface area contributed by atoms with Gasteiger partial charge < -0.3 is 9.84 Å². The van der Waals surface area contributed by atoms with Gasteiger partial charge in [0.15, 0.2) is 0 Å². The van der Waals surface area contributed by atoms with Crippen LogP contribution in [0.3, 0.4) is 0 Å². The van der Waals surface area contributed by atoms with Gasteiger partial charge in [0, 0.05) is 6.08 Å². The summed E-state index contributed by atoms with van der Waals surface area (Å²) in [6, 6.07) is 3.06. The second-order valence-electron chi connectivity index (χ2n) is 5.44. The lowest BCUT2D eigenvalue weighted by atomic mass is 9.99. The van der Waals surface area contributed by atoms with Gasteiger partial charge in [0.2, 0.25) is 0 Å². The lowest BCUT2D eigenvalue weighted by Gasteiger charge is -2.22. The molecule has 1 aromatic rings. The van der Waals surface area contributed by atoms with Crippen LogP contribution < -0.4 is 0 Å². The van der Waals surface area contributed by atoms with E-state index in [-0.39, 0.29) is 5.56 Å². The van der Waals surface area contributed by atoms with Crippen molar-refractivity contribution < 1.29 is 32.6 Å².